The van der Waals surface area contributed by atoms with Gasteiger partial charge >= 0.3 is 17.9 Å². The van der Waals surface area contributed by atoms with Crippen molar-refractivity contribution in [3.63, 3.8) is 0 Å². The van der Waals surface area contributed by atoms with Gasteiger partial charge in [0.15, 0.2) is 6.10 Å². The van der Waals surface area contributed by atoms with E-state index in [1.807, 2.05) is 0 Å². The molecule has 0 unspecified atom stereocenters. The number of carbonyl (C=O) groups is 3. The van der Waals surface area contributed by atoms with Gasteiger partial charge in [0.05, 0.1) is 0 Å². The van der Waals surface area contributed by atoms with Gasteiger partial charge in [0, 0.05) is 19.3 Å². The number of hydrogen-bond donors (Lipinski definition) is 0. The van der Waals surface area contributed by atoms with Crippen molar-refractivity contribution < 1.29 is 28.6 Å². The van der Waals surface area contributed by atoms with Crippen molar-refractivity contribution in [2.45, 2.75) is 285 Å². The van der Waals surface area contributed by atoms with Gasteiger partial charge in [-0.1, -0.05) is 240 Å². The summed E-state index contributed by atoms with van der Waals surface area (Å²) in [5.74, 6) is 0.793. The molecular weight excluding hydrogens is 709 g/mol. The fourth-order valence-electron chi connectivity index (χ4n) is 7.64. The summed E-state index contributed by atoms with van der Waals surface area (Å²) in [6.07, 6.45) is 43.8. The van der Waals surface area contributed by atoms with Crippen molar-refractivity contribution in [3.8, 4) is 0 Å². The number of ether oxygens (including phenoxy) is 3. The van der Waals surface area contributed by atoms with Crippen molar-refractivity contribution in [2.24, 2.45) is 11.8 Å². The minimum atomic E-state index is -0.760. The first-order valence-electron chi connectivity index (χ1n) is 25.2. The lowest BCUT2D eigenvalue weighted by atomic mass is 10.0. The molecule has 0 saturated heterocycles. The third kappa shape index (κ3) is 45.3. The summed E-state index contributed by atoms with van der Waals surface area (Å²) in [6, 6.07) is 0. The Morgan fingerprint density at radius 1 is 0.333 bits per heavy atom. The molecule has 0 bridgehead atoms. The molecule has 0 aromatic rings. The Bertz CT molecular complexity index is 870. The molecule has 0 fully saturated rings. The van der Waals surface area contributed by atoms with Gasteiger partial charge in [0.1, 0.15) is 13.2 Å². The van der Waals surface area contributed by atoms with Crippen LogP contribution < -0.4 is 0 Å². The van der Waals surface area contributed by atoms with Gasteiger partial charge in [-0.25, -0.2) is 0 Å². The van der Waals surface area contributed by atoms with Crippen molar-refractivity contribution in [1.82, 2.24) is 0 Å². The molecule has 0 aliphatic rings. The molecule has 6 heteroatoms. The third-order valence-corrected chi connectivity index (χ3v) is 11.5. The Morgan fingerprint density at radius 3 is 0.860 bits per heavy atom. The number of esters is 3. The van der Waals surface area contributed by atoms with Crippen molar-refractivity contribution in [1.29, 1.82) is 0 Å². The highest BCUT2D eigenvalue weighted by atomic mass is 16.6. The van der Waals surface area contributed by atoms with Crippen LogP contribution >= 0.6 is 0 Å². The standard InChI is InChI=1S/C51H98O6/c1-6-7-8-9-10-11-20-28-33-38-43-51(54)57-48(45-56-50(53)42-37-32-27-23-22-25-30-35-40-47(4)5)44-55-49(52)41-36-31-26-21-18-16-14-12-13-15-17-19-24-29-34-39-46(2)3/h46-48H,6-45H2,1-5H3/t48-/m1/s1. The molecule has 0 heterocycles. The summed E-state index contributed by atoms with van der Waals surface area (Å²) in [5.41, 5.74) is 0. The van der Waals surface area contributed by atoms with E-state index in [-0.39, 0.29) is 31.1 Å². The molecule has 57 heavy (non-hydrogen) atoms. The highest BCUT2D eigenvalue weighted by Crippen LogP contribution is 2.17. The Morgan fingerprint density at radius 2 is 0.579 bits per heavy atom. The van der Waals surface area contributed by atoms with E-state index in [1.165, 1.54) is 167 Å². The van der Waals surface area contributed by atoms with Crippen molar-refractivity contribution in [3.05, 3.63) is 0 Å². The monoisotopic (exact) mass is 807 g/mol. The van der Waals surface area contributed by atoms with E-state index < -0.39 is 6.10 Å². The van der Waals surface area contributed by atoms with E-state index in [0.29, 0.717) is 19.3 Å². The van der Waals surface area contributed by atoms with Crippen molar-refractivity contribution in [2.75, 3.05) is 13.2 Å². The number of hydrogen-bond acceptors (Lipinski definition) is 6. The third-order valence-electron chi connectivity index (χ3n) is 11.5. The number of unbranched alkanes of at least 4 members (excludes halogenated alkanes) is 30. The predicted molar refractivity (Wildman–Crippen MR) is 243 cm³/mol. The maximum absolute atomic E-state index is 12.7. The summed E-state index contributed by atoms with van der Waals surface area (Å²) in [5, 5.41) is 0. The van der Waals surface area contributed by atoms with Crippen LogP contribution in [0.25, 0.3) is 0 Å². The summed E-state index contributed by atoms with van der Waals surface area (Å²) in [6.45, 7) is 11.3. The highest BCUT2D eigenvalue weighted by molar-refractivity contribution is 5.71. The Balaban J connectivity index is 4.24. The molecule has 0 saturated carbocycles. The quantitative estimate of drug-likeness (QED) is 0.0346. The van der Waals surface area contributed by atoms with E-state index in [1.54, 1.807) is 0 Å². The van der Waals surface area contributed by atoms with Crippen molar-refractivity contribution >= 4 is 17.9 Å². The van der Waals surface area contributed by atoms with Gasteiger partial charge in [0.2, 0.25) is 0 Å². The molecule has 0 rings (SSSR count). The van der Waals surface area contributed by atoms with E-state index >= 15 is 0 Å². The number of carbonyl (C=O) groups excluding carboxylic acids is 3. The molecule has 338 valence electrons. The van der Waals surface area contributed by atoms with Gasteiger partial charge in [0.25, 0.3) is 0 Å². The molecule has 6 nitrogen and oxygen atoms in total. The first-order valence-corrected chi connectivity index (χ1v) is 25.2. The molecule has 0 N–H and O–H groups in total. The van der Waals surface area contributed by atoms with Crippen LogP contribution in [0.5, 0.6) is 0 Å². The van der Waals surface area contributed by atoms with Gasteiger partial charge in [-0.3, -0.25) is 14.4 Å². The van der Waals surface area contributed by atoms with Crippen LogP contribution in [-0.4, -0.2) is 37.2 Å². The molecule has 0 spiro atoms. The molecule has 0 aliphatic carbocycles. The molecule has 0 aromatic carbocycles. The topological polar surface area (TPSA) is 78.9 Å². The molecule has 0 aliphatic heterocycles. The zero-order valence-corrected chi connectivity index (χ0v) is 39.0. The van der Waals surface area contributed by atoms with Gasteiger partial charge in [-0.15, -0.1) is 0 Å². The average Bonchev–Trinajstić information content (AvgIpc) is 3.18. The van der Waals surface area contributed by atoms with Crippen LogP contribution in [0.15, 0.2) is 0 Å². The lowest BCUT2D eigenvalue weighted by molar-refractivity contribution is -0.167. The van der Waals surface area contributed by atoms with Crippen LogP contribution in [0.1, 0.15) is 279 Å². The summed E-state index contributed by atoms with van der Waals surface area (Å²) in [4.78, 5) is 37.8. The lowest BCUT2D eigenvalue weighted by Gasteiger charge is -2.18. The van der Waals surface area contributed by atoms with Gasteiger partial charge in [-0.2, -0.15) is 0 Å². The Hall–Kier alpha value is -1.59. The van der Waals surface area contributed by atoms with Crippen LogP contribution in [-0.2, 0) is 28.6 Å². The van der Waals surface area contributed by atoms with Crippen LogP contribution in [0.4, 0.5) is 0 Å². The molecule has 0 aromatic heterocycles. The smallest absolute Gasteiger partial charge is 0.306 e. The fraction of sp³-hybridized carbons (Fsp3) is 0.941. The first kappa shape index (κ1) is 55.4. The molecule has 1 atom stereocenters. The molecular formula is C51H98O6. The summed E-state index contributed by atoms with van der Waals surface area (Å²) in [7, 11) is 0. The zero-order chi connectivity index (χ0) is 41.9. The van der Waals surface area contributed by atoms with Crippen LogP contribution in [0.2, 0.25) is 0 Å². The Labute approximate surface area is 355 Å². The summed E-state index contributed by atoms with van der Waals surface area (Å²) >= 11 is 0. The maximum atomic E-state index is 12.7. The molecule has 0 radical (unpaired) electrons. The van der Waals surface area contributed by atoms with E-state index in [4.69, 9.17) is 14.2 Å². The minimum absolute atomic E-state index is 0.0641. The van der Waals surface area contributed by atoms with Crippen LogP contribution in [0, 0.1) is 11.8 Å². The van der Waals surface area contributed by atoms with Gasteiger partial charge in [-0.05, 0) is 31.1 Å². The number of rotatable bonds is 45. The Kier molecular flexibility index (Phi) is 42.7. The summed E-state index contributed by atoms with van der Waals surface area (Å²) < 4.78 is 16.8. The van der Waals surface area contributed by atoms with Gasteiger partial charge < -0.3 is 14.2 Å². The fourth-order valence-corrected chi connectivity index (χ4v) is 7.64. The normalized spacial score (nSPS) is 12.1. The highest BCUT2D eigenvalue weighted by Gasteiger charge is 2.19. The zero-order valence-electron chi connectivity index (χ0n) is 39.0. The first-order chi connectivity index (χ1) is 27.7. The minimum Gasteiger partial charge on any atom is -0.462 e. The average molecular weight is 807 g/mol. The maximum Gasteiger partial charge on any atom is 0.306 e. The molecule has 0 amide bonds. The SMILES string of the molecule is CCCCCCCCCCCCC(=O)O[C@H](COC(=O)CCCCCCCCCCCCCCCCCC(C)C)COC(=O)CCCCCCCCCCC(C)C. The van der Waals surface area contributed by atoms with E-state index in [0.717, 1.165) is 69.6 Å². The predicted octanol–water partition coefficient (Wildman–Crippen LogP) is 16.1. The second-order valence-electron chi connectivity index (χ2n) is 18.4. The largest absolute Gasteiger partial charge is 0.462 e. The second-order valence-corrected chi connectivity index (χ2v) is 18.4. The van der Waals surface area contributed by atoms with E-state index in [2.05, 4.69) is 34.6 Å². The lowest BCUT2D eigenvalue weighted by Crippen LogP contribution is -2.30. The van der Waals surface area contributed by atoms with Crippen LogP contribution in [0.3, 0.4) is 0 Å². The second kappa shape index (κ2) is 44.0. The van der Waals surface area contributed by atoms with E-state index in [9.17, 15) is 14.4 Å².